The first-order valence-corrected chi connectivity index (χ1v) is 9.74. The first kappa shape index (κ1) is 22.8. The van der Waals surface area contributed by atoms with Crippen LogP contribution in [0.5, 0.6) is 0 Å². The van der Waals surface area contributed by atoms with E-state index in [1.165, 1.54) is 21.1 Å². The Kier molecular flexibility index (Phi) is 9.51. The van der Waals surface area contributed by atoms with Gasteiger partial charge in [0, 0.05) is 16.8 Å². The lowest BCUT2D eigenvalue weighted by Crippen LogP contribution is -2.38. The summed E-state index contributed by atoms with van der Waals surface area (Å²) in [6, 6.07) is 4.15. The van der Waals surface area contributed by atoms with Crippen LogP contribution in [-0.4, -0.2) is 30.6 Å². The minimum Gasteiger partial charge on any atom is -0.462 e. The van der Waals surface area contributed by atoms with Crippen molar-refractivity contribution in [3.63, 3.8) is 0 Å². The third-order valence-electron chi connectivity index (χ3n) is 3.45. The van der Waals surface area contributed by atoms with E-state index in [-0.39, 0.29) is 36.0 Å². The van der Waals surface area contributed by atoms with Crippen LogP contribution in [0.1, 0.15) is 50.0 Å². The molecule has 0 spiro atoms. The molecule has 0 aliphatic rings. The van der Waals surface area contributed by atoms with Crippen LogP contribution < -0.4 is 10.6 Å². The summed E-state index contributed by atoms with van der Waals surface area (Å²) in [7, 11) is 1.73. The number of halogens is 1. The van der Waals surface area contributed by atoms with Crippen molar-refractivity contribution in [2.45, 2.75) is 40.3 Å². The maximum absolute atomic E-state index is 11.9. The summed E-state index contributed by atoms with van der Waals surface area (Å²) in [6.07, 6.45) is 0. The third kappa shape index (κ3) is 6.20. The minimum absolute atomic E-state index is 0. The average Bonchev–Trinajstić information content (AvgIpc) is 3.17. The zero-order valence-corrected chi connectivity index (χ0v) is 19.5. The molecule has 0 aromatic carbocycles. The van der Waals surface area contributed by atoms with E-state index >= 15 is 0 Å². The number of nitrogens with one attached hydrogen (secondary N) is 2. The van der Waals surface area contributed by atoms with E-state index in [0.717, 1.165) is 11.6 Å². The second kappa shape index (κ2) is 10.8. The first-order valence-electron chi connectivity index (χ1n) is 8.11. The van der Waals surface area contributed by atoms with Gasteiger partial charge in [-0.2, -0.15) is 0 Å². The summed E-state index contributed by atoms with van der Waals surface area (Å²) in [5.74, 6) is 0.385. The Morgan fingerprint density at radius 3 is 2.65 bits per heavy atom. The SMILES string of the molecule is CCOC(=O)c1sc(C(C)NC(=NC)NCc2ccc(C)s2)nc1C.I. The van der Waals surface area contributed by atoms with E-state index in [4.69, 9.17) is 4.74 Å². The molecule has 2 N–H and O–H groups in total. The molecule has 0 aliphatic carbocycles. The van der Waals surface area contributed by atoms with Crippen molar-refractivity contribution in [1.29, 1.82) is 0 Å². The highest BCUT2D eigenvalue weighted by molar-refractivity contribution is 14.0. The van der Waals surface area contributed by atoms with Gasteiger partial charge in [-0.25, -0.2) is 9.78 Å². The van der Waals surface area contributed by atoms with Crippen molar-refractivity contribution in [1.82, 2.24) is 15.6 Å². The van der Waals surface area contributed by atoms with Crippen LogP contribution in [0.15, 0.2) is 17.1 Å². The van der Waals surface area contributed by atoms with Gasteiger partial charge in [-0.3, -0.25) is 4.99 Å². The van der Waals surface area contributed by atoms with Crippen LogP contribution in [0, 0.1) is 13.8 Å². The van der Waals surface area contributed by atoms with E-state index < -0.39 is 0 Å². The number of hydrogen-bond acceptors (Lipinski definition) is 6. The molecule has 1 atom stereocenters. The molecule has 0 bridgehead atoms. The molecule has 0 radical (unpaired) electrons. The van der Waals surface area contributed by atoms with Crippen molar-refractivity contribution in [2.24, 2.45) is 4.99 Å². The fourth-order valence-corrected chi connectivity index (χ4v) is 3.99. The Labute approximate surface area is 179 Å². The van der Waals surface area contributed by atoms with Crippen LogP contribution >= 0.6 is 46.7 Å². The predicted molar refractivity (Wildman–Crippen MR) is 119 cm³/mol. The van der Waals surface area contributed by atoms with Gasteiger partial charge in [-0.05, 0) is 39.8 Å². The van der Waals surface area contributed by atoms with Gasteiger partial charge < -0.3 is 15.4 Å². The Hall–Kier alpha value is -1.20. The maximum atomic E-state index is 11.9. The number of ether oxygens (including phenoxy) is 1. The Morgan fingerprint density at radius 2 is 2.08 bits per heavy atom. The quantitative estimate of drug-likeness (QED) is 0.267. The van der Waals surface area contributed by atoms with E-state index in [1.807, 2.05) is 13.8 Å². The van der Waals surface area contributed by atoms with Crippen molar-refractivity contribution >= 4 is 58.6 Å². The number of carbonyl (C=O) groups is 1. The van der Waals surface area contributed by atoms with Gasteiger partial charge in [0.2, 0.25) is 0 Å². The molecule has 6 nitrogen and oxygen atoms in total. The van der Waals surface area contributed by atoms with Crippen molar-refractivity contribution < 1.29 is 9.53 Å². The number of aryl methyl sites for hydroxylation is 2. The Morgan fingerprint density at radius 1 is 1.35 bits per heavy atom. The summed E-state index contributed by atoms with van der Waals surface area (Å²) in [5, 5.41) is 7.44. The highest BCUT2D eigenvalue weighted by Crippen LogP contribution is 2.24. The van der Waals surface area contributed by atoms with Gasteiger partial charge in [-0.1, -0.05) is 0 Å². The van der Waals surface area contributed by atoms with Crippen LogP contribution in [0.3, 0.4) is 0 Å². The number of esters is 1. The molecule has 0 fully saturated rings. The highest BCUT2D eigenvalue weighted by Gasteiger charge is 2.20. The number of nitrogens with zero attached hydrogens (tertiary/aromatic N) is 2. The second-order valence-corrected chi connectivity index (χ2v) is 7.89. The number of guanidine groups is 1. The summed E-state index contributed by atoms with van der Waals surface area (Å²) in [4.78, 5) is 23.8. The maximum Gasteiger partial charge on any atom is 0.350 e. The van der Waals surface area contributed by atoms with Gasteiger partial charge in [0.05, 0.1) is 24.9 Å². The average molecular weight is 508 g/mol. The highest BCUT2D eigenvalue weighted by atomic mass is 127. The zero-order chi connectivity index (χ0) is 18.4. The van der Waals surface area contributed by atoms with Gasteiger partial charge in [-0.15, -0.1) is 46.7 Å². The molecule has 0 amide bonds. The summed E-state index contributed by atoms with van der Waals surface area (Å²) in [6.45, 7) is 8.79. The molecule has 0 saturated carbocycles. The summed E-state index contributed by atoms with van der Waals surface area (Å²) < 4.78 is 5.07. The van der Waals surface area contributed by atoms with Crippen molar-refractivity contribution in [2.75, 3.05) is 13.7 Å². The molecule has 2 heterocycles. The minimum atomic E-state index is -0.313. The van der Waals surface area contributed by atoms with Gasteiger partial charge in [0.1, 0.15) is 9.88 Å². The van der Waals surface area contributed by atoms with E-state index in [2.05, 4.69) is 39.7 Å². The third-order valence-corrected chi connectivity index (χ3v) is 5.77. The molecule has 2 rings (SSSR count). The summed E-state index contributed by atoms with van der Waals surface area (Å²) in [5.41, 5.74) is 0.698. The normalized spacial score (nSPS) is 12.3. The fourth-order valence-electron chi connectivity index (χ4n) is 2.20. The predicted octanol–water partition coefficient (Wildman–Crippen LogP) is 4.04. The van der Waals surface area contributed by atoms with E-state index in [0.29, 0.717) is 23.1 Å². The summed E-state index contributed by atoms with van der Waals surface area (Å²) >= 11 is 3.12. The van der Waals surface area contributed by atoms with Crippen molar-refractivity contribution in [3.05, 3.63) is 37.5 Å². The molecular formula is C17H25IN4O2S2. The van der Waals surface area contributed by atoms with E-state index in [9.17, 15) is 4.79 Å². The number of hydrogen-bond donors (Lipinski definition) is 2. The number of carbonyl (C=O) groups excluding carboxylic acids is 1. The molecule has 26 heavy (non-hydrogen) atoms. The molecule has 0 saturated heterocycles. The topological polar surface area (TPSA) is 75.6 Å². The lowest BCUT2D eigenvalue weighted by molar-refractivity contribution is 0.0531. The van der Waals surface area contributed by atoms with Crippen LogP contribution in [0.25, 0.3) is 0 Å². The van der Waals surface area contributed by atoms with Crippen LogP contribution in [-0.2, 0) is 11.3 Å². The standard InChI is InChI=1S/C17H24N4O2S2.HI/c1-6-23-16(22)14-11(3)20-15(25-14)12(4)21-17(18-5)19-9-13-8-7-10(2)24-13;/h7-8,12H,6,9H2,1-5H3,(H2,18,19,21);1H. The second-order valence-electron chi connectivity index (χ2n) is 5.49. The number of aromatic nitrogens is 1. The monoisotopic (exact) mass is 508 g/mol. The van der Waals surface area contributed by atoms with Crippen LogP contribution in [0.2, 0.25) is 0 Å². The van der Waals surface area contributed by atoms with E-state index in [1.54, 1.807) is 25.3 Å². The van der Waals surface area contributed by atoms with Gasteiger partial charge in [0.15, 0.2) is 5.96 Å². The molecule has 9 heteroatoms. The van der Waals surface area contributed by atoms with Gasteiger partial charge in [0.25, 0.3) is 0 Å². The number of aliphatic imine (C=N–C) groups is 1. The fraction of sp³-hybridized carbons (Fsp3) is 0.471. The molecular weight excluding hydrogens is 483 g/mol. The molecule has 0 aliphatic heterocycles. The lowest BCUT2D eigenvalue weighted by Gasteiger charge is -2.15. The lowest BCUT2D eigenvalue weighted by atomic mass is 10.3. The molecule has 1 unspecified atom stereocenters. The van der Waals surface area contributed by atoms with Gasteiger partial charge >= 0.3 is 5.97 Å². The molecule has 144 valence electrons. The van der Waals surface area contributed by atoms with Crippen LogP contribution in [0.4, 0.5) is 0 Å². The Bertz CT molecular complexity index is 758. The molecule has 2 aromatic rings. The largest absolute Gasteiger partial charge is 0.462 e. The first-order chi connectivity index (χ1) is 11.9. The molecule has 2 aromatic heterocycles. The number of thiophene rings is 1. The number of rotatable bonds is 6. The Balaban J connectivity index is 0.00000338. The number of thiazole rings is 1. The zero-order valence-electron chi connectivity index (χ0n) is 15.6. The smallest absolute Gasteiger partial charge is 0.350 e. The van der Waals surface area contributed by atoms with Crippen molar-refractivity contribution in [3.8, 4) is 0 Å².